The van der Waals surface area contributed by atoms with Crippen molar-refractivity contribution in [3.8, 4) is 22.3 Å². The Hall–Kier alpha value is -3.59. The second-order valence-corrected chi connectivity index (χ2v) is 10.3. The fraction of sp³-hybridized carbons (Fsp3) is 0.214. The molecule has 1 aliphatic rings. The molecule has 3 heterocycles. The lowest BCUT2D eigenvalue weighted by Crippen LogP contribution is -2.55. The summed E-state index contributed by atoms with van der Waals surface area (Å²) in [4.78, 5) is 7.64. The summed E-state index contributed by atoms with van der Waals surface area (Å²) in [5.41, 5.74) is 5.85. The highest BCUT2D eigenvalue weighted by atomic mass is 32.2. The molecular weight excluding hydrogens is 470 g/mol. The quantitative estimate of drug-likeness (QED) is 0.341. The molecule has 0 radical (unpaired) electrons. The molecule has 1 saturated heterocycles. The van der Waals surface area contributed by atoms with E-state index in [-0.39, 0.29) is 0 Å². The first-order valence-electron chi connectivity index (χ1n) is 12.1. The molecule has 0 saturated carbocycles. The van der Waals surface area contributed by atoms with E-state index in [4.69, 9.17) is 4.98 Å². The van der Waals surface area contributed by atoms with Gasteiger partial charge in [-0.1, -0.05) is 42.5 Å². The third kappa shape index (κ3) is 3.87. The number of piperazine rings is 1. The van der Waals surface area contributed by atoms with Crippen LogP contribution in [-0.2, 0) is 11.1 Å². The molecule has 7 nitrogen and oxygen atoms in total. The van der Waals surface area contributed by atoms with Gasteiger partial charge in [-0.3, -0.25) is 0 Å². The lowest BCUT2D eigenvalue weighted by molar-refractivity contribution is 0.432. The van der Waals surface area contributed by atoms with Gasteiger partial charge in [-0.15, -0.1) is 0 Å². The molecule has 5 aromatic rings. The molecule has 0 amide bonds. The molecule has 182 valence electrons. The molecule has 3 aromatic carbocycles. The number of benzene rings is 3. The predicted octanol–water partition coefficient (Wildman–Crippen LogP) is 4.98. The van der Waals surface area contributed by atoms with Crippen LogP contribution in [0.5, 0.6) is 0 Å². The highest BCUT2D eigenvalue weighted by Crippen LogP contribution is 2.34. The van der Waals surface area contributed by atoms with Crippen LogP contribution in [-0.4, -0.2) is 48.5 Å². The molecular formula is C28H27N5O2S. The van der Waals surface area contributed by atoms with Crippen molar-refractivity contribution in [1.82, 2.24) is 19.9 Å². The molecule has 0 aliphatic carbocycles. The van der Waals surface area contributed by atoms with Gasteiger partial charge in [0.05, 0.1) is 11.1 Å². The van der Waals surface area contributed by atoms with E-state index >= 15 is 0 Å². The van der Waals surface area contributed by atoms with Crippen LogP contribution < -0.4 is 10.2 Å². The average molecular weight is 498 g/mol. The minimum atomic E-state index is -2.06. The average Bonchev–Trinajstić information content (AvgIpc) is 3.31. The van der Waals surface area contributed by atoms with E-state index in [1.807, 2.05) is 42.7 Å². The van der Waals surface area contributed by atoms with Crippen LogP contribution in [0.1, 0.15) is 13.8 Å². The molecule has 6 rings (SSSR count). The number of anilines is 1. The zero-order chi connectivity index (χ0) is 24.8. The summed E-state index contributed by atoms with van der Waals surface area (Å²) in [6, 6.07) is 20.8. The zero-order valence-electron chi connectivity index (χ0n) is 20.1. The van der Waals surface area contributed by atoms with E-state index in [2.05, 4.69) is 53.4 Å². The van der Waals surface area contributed by atoms with E-state index in [1.54, 1.807) is 16.8 Å². The first-order chi connectivity index (χ1) is 17.5. The van der Waals surface area contributed by atoms with E-state index in [9.17, 15) is 8.76 Å². The van der Waals surface area contributed by atoms with Crippen molar-refractivity contribution in [2.45, 2.75) is 30.8 Å². The van der Waals surface area contributed by atoms with Crippen LogP contribution in [0.15, 0.2) is 84.1 Å². The largest absolute Gasteiger partial charge is 0.364 e. The van der Waals surface area contributed by atoms with Crippen LogP contribution in [0.2, 0.25) is 0 Å². The number of nitrogens with one attached hydrogen (secondary N) is 1. The van der Waals surface area contributed by atoms with E-state index in [0.29, 0.717) is 17.0 Å². The van der Waals surface area contributed by atoms with E-state index in [0.717, 1.165) is 51.8 Å². The first-order valence-corrected chi connectivity index (χ1v) is 13.2. The highest BCUT2D eigenvalue weighted by molar-refractivity contribution is 7.79. The van der Waals surface area contributed by atoms with Crippen molar-refractivity contribution in [3.05, 3.63) is 79.3 Å². The Morgan fingerprint density at radius 2 is 1.61 bits per heavy atom. The number of nitrogens with zero attached hydrogens (tertiary/aromatic N) is 4. The van der Waals surface area contributed by atoms with Gasteiger partial charge in [-0.05, 0) is 48.6 Å². The van der Waals surface area contributed by atoms with Gasteiger partial charge in [0, 0.05) is 59.8 Å². The lowest BCUT2D eigenvalue weighted by Gasteiger charge is -2.41. The van der Waals surface area contributed by atoms with Gasteiger partial charge in [0.15, 0.2) is 16.7 Å². The van der Waals surface area contributed by atoms with Crippen LogP contribution in [0.25, 0.3) is 38.7 Å². The Morgan fingerprint density at radius 1 is 0.889 bits per heavy atom. The van der Waals surface area contributed by atoms with E-state index < -0.39 is 11.1 Å². The fourth-order valence-electron chi connectivity index (χ4n) is 5.34. The van der Waals surface area contributed by atoms with Crippen LogP contribution >= 0.6 is 0 Å². The maximum absolute atomic E-state index is 11.8. The highest BCUT2D eigenvalue weighted by Gasteiger charge is 2.24. The van der Waals surface area contributed by atoms with Crippen molar-refractivity contribution in [2.24, 2.45) is 0 Å². The third-order valence-electron chi connectivity index (χ3n) is 7.05. The molecule has 0 bridgehead atoms. The fourth-order valence-corrected chi connectivity index (χ4v) is 5.89. The number of hydrogen-bond donors (Lipinski definition) is 2. The minimum absolute atomic E-state index is 0.397. The van der Waals surface area contributed by atoms with Crippen molar-refractivity contribution < 1.29 is 8.76 Å². The summed E-state index contributed by atoms with van der Waals surface area (Å²) >= 11 is -2.06. The Bertz CT molecular complexity index is 1590. The summed E-state index contributed by atoms with van der Waals surface area (Å²) in [5, 5.41) is 9.71. The molecule has 2 N–H and O–H groups in total. The minimum Gasteiger partial charge on any atom is -0.364 e. The standard InChI is InChI=1S/C28H27N5O2S/c1-18-13-29-14-19(2)33(18)22-9-7-20(8-10-22)21-15-30-28-26(16-31-32(28)17-21)24-11-12-27(36(34)35)25-6-4-3-5-23(24)25/h3-12,15-19,29H,13-14H2,1-2H3,(H,34,35)/t18-,19+. The van der Waals surface area contributed by atoms with Crippen LogP contribution in [0, 0.1) is 0 Å². The van der Waals surface area contributed by atoms with Gasteiger partial charge in [-0.25, -0.2) is 13.7 Å². The molecule has 1 unspecified atom stereocenters. The summed E-state index contributed by atoms with van der Waals surface area (Å²) in [6.07, 6.45) is 5.68. The SMILES string of the molecule is C[C@@H]1CNC[C@H](C)N1c1ccc(-c2cnc3c(-c4ccc(S(=O)O)c5ccccc45)cnn3c2)cc1. The van der Waals surface area contributed by atoms with Gasteiger partial charge >= 0.3 is 0 Å². The van der Waals surface area contributed by atoms with Crippen LogP contribution in [0.4, 0.5) is 5.69 Å². The Balaban J connectivity index is 1.36. The second-order valence-electron chi connectivity index (χ2n) is 9.39. The van der Waals surface area contributed by atoms with Gasteiger partial charge in [0.2, 0.25) is 0 Å². The molecule has 36 heavy (non-hydrogen) atoms. The number of fused-ring (bicyclic) bond motifs is 2. The lowest BCUT2D eigenvalue weighted by atomic mass is 10.00. The molecule has 0 spiro atoms. The third-order valence-corrected chi connectivity index (χ3v) is 7.78. The summed E-state index contributed by atoms with van der Waals surface area (Å²) in [6.45, 7) is 6.49. The smallest absolute Gasteiger partial charge is 0.187 e. The monoisotopic (exact) mass is 497 g/mol. The molecule has 1 aliphatic heterocycles. The van der Waals surface area contributed by atoms with Gasteiger partial charge in [-0.2, -0.15) is 5.10 Å². The molecule has 8 heteroatoms. The maximum Gasteiger partial charge on any atom is 0.187 e. The summed E-state index contributed by atoms with van der Waals surface area (Å²) < 4.78 is 23.3. The van der Waals surface area contributed by atoms with E-state index in [1.165, 1.54) is 5.69 Å². The van der Waals surface area contributed by atoms with Crippen molar-refractivity contribution >= 4 is 33.2 Å². The van der Waals surface area contributed by atoms with Gasteiger partial charge in [0.25, 0.3) is 0 Å². The maximum atomic E-state index is 11.8. The molecule has 1 fully saturated rings. The normalized spacial score (nSPS) is 19.1. The van der Waals surface area contributed by atoms with Gasteiger partial charge in [0.1, 0.15) is 0 Å². The zero-order valence-corrected chi connectivity index (χ0v) is 20.9. The Morgan fingerprint density at radius 3 is 2.33 bits per heavy atom. The second kappa shape index (κ2) is 9.13. The van der Waals surface area contributed by atoms with Crippen molar-refractivity contribution in [1.29, 1.82) is 0 Å². The number of rotatable bonds is 4. The molecule has 3 atom stereocenters. The topological polar surface area (TPSA) is 82.8 Å². The summed E-state index contributed by atoms with van der Waals surface area (Å²) in [5.74, 6) is 0. The van der Waals surface area contributed by atoms with Crippen molar-refractivity contribution in [3.63, 3.8) is 0 Å². The van der Waals surface area contributed by atoms with Crippen molar-refractivity contribution in [2.75, 3.05) is 18.0 Å². The number of hydrogen-bond acceptors (Lipinski definition) is 5. The predicted molar refractivity (Wildman–Crippen MR) is 145 cm³/mol. The molecule has 2 aromatic heterocycles. The Kier molecular flexibility index (Phi) is 5.79. The first kappa shape index (κ1) is 22.8. The van der Waals surface area contributed by atoms with Gasteiger partial charge < -0.3 is 14.8 Å². The Labute approximate surface area is 212 Å². The van der Waals surface area contributed by atoms with Crippen LogP contribution in [0.3, 0.4) is 0 Å². The summed E-state index contributed by atoms with van der Waals surface area (Å²) in [7, 11) is 0. The number of aromatic nitrogens is 3.